The largest absolute Gasteiger partial charge is 0.486 e. The van der Waals surface area contributed by atoms with Gasteiger partial charge in [-0.3, -0.25) is 0 Å². The lowest BCUT2D eigenvalue weighted by atomic mass is 10.1. The first-order valence-electron chi connectivity index (χ1n) is 7.24. The van der Waals surface area contributed by atoms with Crippen molar-refractivity contribution in [2.45, 2.75) is 17.9 Å². The van der Waals surface area contributed by atoms with Crippen molar-refractivity contribution in [3.63, 3.8) is 0 Å². The number of ether oxygens (including phenoxy) is 2. The number of rotatable bonds is 4. The first kappa shape index (κ1) is 17.4. The highest BCUT2D eigenvalue weighted by molar-refractivity contribution is 7.89. The lowest BCUT2D eigenvalue weighted by molar-refractivity contribution is 0.171. The maximum Gasteiger partial charge on any atom is 0.242 e. The molecule has 5 nitrogen and oxygen atoms in total. The van der Waals surface area contributed by atoms with Gasteiger partial charge in [-0.15, -0.1) is 0 Å². The lowest BCUT2D eigenvalue weighted by Gasteiger charge is -2.21. The van der Waals surface area contributed by atoms with E-state index in [0.29, 0.717) is 29.7 Å². The summed E-state index contributed by atoms with van der Waals surface area (Å²) in [5.74, 6) is 1.25. The van der Waals surface area contributed by atoms with Crippen molar-refractivity contribution in [3.05, 3.63) is 52.0 Å². The summed E-state index contributed by atoms with van der Waals surface area (Å²) < 4.78 is 38.7. The van der Waals surface area contributed by atoms with E-state index < -0.39 is 16.1 Å². The summed E-state index contributed by atoms with van der Waals surface area (Å²) in [5.41, 5.74) is 0.751. The minimum atomic E-state index is -3.82. The Balaban J connectivity index is 1.86. The normalized spacial score (nSPS) is 15.1. The van der Waals surface area contributed by atoms with Gasteiger partial charge in [0.05, 0.1) is 5.02 Å². The second-order valence-electron chi connectivity index (χ2n) is 5.32. The average molecular weight is 388 g/mol. The van der Waals surface area contributed by atoms with E-state index in [1.54, 1.807) is 25.1 Å². The fourth-order valence-corrected chi connectivity index (χ4v) is 4.37. The maximum atomic E-state index is 12.6. The fraction of sp³-hybridized carbons (Fsp3) is 0.250. The molecule has 1 aliphatic heterocycles. The van der Waals surface area contributed by atoms with Crippen LogP contribution >= 0.6 is 23.2 Å². The molecule has 0 saturated heterocycles. The van der Waals surface area contributed by atoms with Crippen LogP contribution in [0, 0.1) is 0 Å². The second kappa shape index (κ2) is 6.80. The Morgan fingerprint density at radius 1 is 1.04 bits per heavy atom. The summed E-state index contributed by atoms with van der Waals surface area (Å²) in [5, 5.41) is 0.410. The van der Waals surface area contributed by atoms with Crippen LogP contribution in [0.3, 0.4) is 0 Å². The van der Waals surface area contributed by atoms with E-state index in [2.05, 4.69) is 4.72 Å². The van der Waals surface area contributed by atoms with Crippen LogP contribution in [0.1, 0.15) is 18.5 Å². The smallest absolute Gasteiger partial charge is 0.242 e. The third-order valence-corrected chi connectivity index (χ3v) is 5.84. The Kier molecular flexibility index (Phi) is 4.92. The van der Waals surface area contributed by atoms with Crippen LogP contribution in [-0.4, -0.2) is 21.6 Å². The van der Waals surface area contributed by atoms with E-state index in [1.165, 1.54) is 18.2 Å². The lowest BCUT2D eigenvalue weighted by Crippen LogP contribution is -2.27. The van der Waals surface area contributed by atoms with E-state index in [4.69, 9.17) is 32.7 Å². The third-order valence-electron chi connectivity index (χ3n) is 3.58. The van der Waals surface area contributed by atoms with Gasteiger partial charge in [0.25, 0.3) is 0 Å². The molecule has 24 heavy (non-hydrogen) atoms. The molecule has 0 saturated carbocycles. The highest BCUT2D eigenvalue weighted by atomic mass is 35.5. The quantitative estimate of drug-likeness (QED) is 0.865. The van der Waals surface area contributed by atoms with Crippen molar-refractivity contribution in [2.75, 3.05) is 13.2 Å². The van der Waals surface area contributed by atoms with Crippen molar-refractivity contribution in [3.8, 4) is 11.5 Å². The average Bonchev–Trinajstić information content (AvgIpc) is 2.56. The highest BCUT2D eigenvalue weighted by Crippen LogP contribution is 2.33. The van der Waals surface area contributed by atoms with E-state index in [1.807, 2.05) is 0 Å². The van der Waals surface area contributed by atoms with Gasteiger partial charge in [0.2, 0.25) is 10.0 Å². The number of hydrogen-bond donors (Lipinski definition) is 1. The molecule has 1 heterocycles. The van der Waals surface area contributed by atoms with Gasteiger partial charge in [-0.05, 0) is 42.8 Å². The molecule has 0 bridgehead atoms. The third kappa shape index (κ3) is 3.62. The van der Waals surface area contributed by atoms with Gasteiger partial charge in [0, 0.05) is 11.1 Å². The second-order valence-corrected chi connectivity index (χ2v) is 7.85. The molecule has 1 N–H and O–H groups in total. The van der Waals surface area contributed by atoms with Crippen molar-refractivity contribution in [1.82, 2.24) is 4.72 Å². The maximum absolute atomic E-state index is 12.6. The van der Waals surface area contributed by atoms with Crippen LogP contribution in [0.5, 0.6) is 11.5 Å². The highest BCUT2D eigenvalue weighted by Gasteiger charge is 2.23. The predicted molar refractivity (Wildman–Crippen MR) is 92.6 cm³/mol. The van der Waals surface area contributed by atoms with E-state index >= 15 is 0 Å². The van der Waals surface area contributed by atoms with Gasteiger partial charge in [-0.1, -0.05) is 29.3 Å². The standard InChI is InChI=1S/C16H15Cl2NO4S/c1-10(11-2-5-14-15(8-11)23-7-6-22-14)19-24(20,21)16-9-12(17)3-4-13(16)18/h2-5,8-10,19H,6-7H2,1H3/t10-/m1/s1. The van der Waals surface area contributed by atoms with Gasteiger partial charge in [0.15, 0.2) is 11.5 Å². The molecule has 1 aliphatic rings. The van der Waals surface area contributed by atoms with Crippen molar-refractivity contribution < 1.29 is 17.9 Å². The molecule has 0 radical (unpaired) electrons. The number of hydrogen-bond acceptors (Lipinski definition) is 4. The fourth-order valence-electron chi connectivity index (χ4n) is 2.38. The predicted octanol–water partition coefficient (Wildman–Crippen LogP) is 3.80. The molecular weight excluding hydrogens is 373 g/mol. The Labute approximate surface area is 150 Å². The van der Waals surface area contributed by atoms with Gasteiger partial charge >= 0.3 is 0 Å². The Bertz CT molecular complexity index is 870. The van der Waals surface area contributed by atoms with E-state index in [0.717, 1.165) is 5.56 Å². The summed E-state index contributed by atoms with van der Waals surface area (Å²) in [6.45, 7) is 2.71. The topological polar surface area (TPSA) is 64.6 Å². The first-order valence-corrected chi connectivity index (χ1v) is 9.48. The van der Waals surface area contributed by atoms with E-state index in [9.17, 15) is 8.42 Å². The molecule has 1 atom stereocenters. The first-order chi connectivity index (χ1) is 11.4. The van der Waals surface area contributed by atoms with Crippen LogP contribution in [0.15, 0.2) is 41.3 Å². The molecule has 128 valence electrons. The van der Waals surface area contributed by atoms with Gasteiger partial charge in [-0.2, -0.15) is 0 Å². The zero-order chi connectivity index (χ0) is 17.3. The van der Waals surface area contributed by atoms with Gasteiger partial charge in [-0.25, -0.2) is 13.1 Å². The number of fused-ring (bicyclic) bond motifs is 1. The molecule has 2 aromatic rings. The summed E-state index contributed by atoms with van der Waals surface area (Å²) >= 11 is 11.9. The van der Waals surface area contributed by atoms with Gasteiger partial charge in [0.1, 0.15) is 18.1 Å². The molecule has 2 aromatic carbocycles. The molecular formula is C16H15Cl2NO4S. The molecule has 0 aliphatic carbocycles. The van der Waals surface area contributed by atoms with Crippen LogP contribution in [0.4, 0.5) is 0 Å². The number of sulfonamides is 1. The van der Waals surface area contributed by atoms with Crippen LogP contribution in [-0.2, 0) is 10.0 Å². The molecule has 0 amide bonds. The zero-order valence-corrected chi connectivity index (χ0v) is 15.1. The summed E-state index contributed by atoms with van der Waals surface area (Å²) in [6.07, 6.45) is 0. The SMILES string of the molecule is C[C@@H](NS(=O)(=O)c1cc(Cl)ccc1Cl)c1ccc2c(c1)OCCO2. The monoisotopic (exact) mass is 387 g/mol. The summed E-state index contributed by atoms with van der Waals surface area (Å²) in [7, 11) is -3.82. The minimum absolute atomic E-state index is 0.0546. The van der Waals surface area contributed by atoms with Crippen LogP contribution < -0.4 is 14.2 Å². The molecule has 0 unspecified atom stereocenters. The number of benzene rings is 2. The Morgan fingerprint density at radius 3 is 2.50 bits per heavy atom. The van der Waals surface area contributed by atoms with Gasteiger partial charge < -0.3 is 9.47 Å². The Hall–Kier alpha value is -1.47. The minimum Gasteiger partial charge on any atom is -0.486 e. The van der Waals surface area contributed by atoms with Crippen LogP contribution in [0.2, 0.25) is 10.0 Å². The molecule has 8 heteroatoms. The molecule has 3 rings (SSSR count). The molecule has 0 fully saturated rings. The van der Waals surface area contributed by atoms with E-state index in [-0.39, 0.29) is 9.92 Å². The van der Waals surface area contributed by atoms with Crippen LogP contribution in [0.25, 0.3) is 0 Å². The zero-order valence-electron chi connectivity index (χ0n) is 12.8. The summed E-state index contributed by atoms with van der Waals surface area (Å²) in [6, 6.07) is 9.15. The molecule has 0 spiro atoms. The van der Waals surface area contributed by atoms with Crippen molar-refractivity contribution in [1.29, 1.82) is 0 Å². The summed E-state index contributed by atoms with van der Waals surface area (Å²) in [4.78, 5) is -0.0546. The molecule has 0 aromatic heterocycles. The van der Waals surface area contributed by atoms with Crippen molar-refractivity contribution >= 4 is 33.2 Å². The Morgan fingerprint density at radius 2 is 1.75 bits per heavy atom. The van der Waals surface area contributed by atoms with Crippen molar-refractivity contribution in [2.24, 2.45) is 0 Å². The number of nitrogens with one attached hydrogen (secondary N) is 1. The number of halogens is 2.